The van der Waals surface area contributed by atoms with Crippen molar-refractivity contribution < 1.29 is 5.11 Å². The molecule has 0 amide bonds. The molecule has 16 heavy (non-hydrogen) atoms. The summed E-state index contributed by atoms with van der Waals surface area (Å²) in [6.45, 7) is 5.98. The third-order valence-corrected chi connectivity index (χ3v) is 2.97. The van der Waals surface area contributed by atoms with Crippen LogP contribution >= 0.6 is 0 Å². The molecule has 0 radical (unpaired) electrons. The standard InChI is InChI=1S/C12H20N2O2/c1-4-9(5-2)11-13-8(3)10(6-7-15)12(16)14-11/h9,15H,4-7H2,1-3H3,(H,13,14,16). The number of aliphatic hydroxyl groups is 1. The molecule has 0 fully saturated rings. The van der Waals surface area contributed by atoms with Gasteiger partial charge in [0.15, 0.2) is 0 Å². The van der Waals surface area contributed by atoms with Gasteiger partial charge in [-0.05, 0) is 19.8 Å². The van der Waals surface area contributed by atoms with E-state index in [-0.39, 0.29) is 12.2 Å². The van der Waals surface area contributed by atoms with Crippen molar-refractivity contribution in [1.82, 2.24) is 9.97 Å². The van der Waals surface area contributed by atoms with Crippen molar-refractivity contribution in [3.8, 4) is 0 Å². The van der Waals surface area contributed by atoms with E-state index in [4.69, 9.17) is 5.11 Å². The normalized spacial score (nSPS) is 11.1. The molecule has 0 aliphatic carbocycles. The van der Waals surface area contributed by atoms with Gasteiger partial charge < -0.3 is 10.1 Å². The molecule has 0 aliphatic rings. The molecule has 0 aliphatic heterocycles. The van der Waals surface area contributed by atoms with Crippen LogP contribution in [0.3, 0.4) is 0 Å². The number of hydrogen-bond acceptors (Lipinski definition) is 3. The number of rotatable bonds is 5. The third kappa shape index (κ3) is 2.70. The number of nitrogens with zero attached hydrogens (tertiary/aromatic N) is 1. The Balaban J connectivity index is 3.13. The molecule has 0 saturated carbocycles. The second-order valence-electron chi connectivity index (χ2n) is 4.00. The summed E-state index contributed by atoms with van der Waals surface area (Å²) >= 11 is 0. The van der Waals surface area contributed by atoms with Crippen LogP contribution in [0.25, 0.3) is 0 Å². The molecule has 0 bridgehead atoms. The first kappa shape index (κ1) is 12.9. The molecule has 1 rings (SSSR count). The Kier molecular flexibility index (Phi) is 4.68. The molecule has 4 nitrogen and oxygen atoms in total. The zero-order valence-electron chi connectivity index (χ0n) is 10.2. The summed E-state index contributed by atoms with van der Waals surface area (Å²) < 4.78 is 0. The van der Waals surface area contributed by atoms with Gasteiger partial charge >= 0.3 is 0 Å². The Morgan fingerprint density at radius 1 is 1.38 bits per heavy atom. The highest BCUT2D eigenvalue weighted by atomic mass is 16.3. The van der Waals surface area contributed by atoms with Crippen LogP contribution in [-0.2, 0) is 6.42 Å². The summed E-state index contributed by atoms with van der Waals surface area (Å²) in [6, 6.07) is 0. The molecule has 4 heteroatoms. The molecule has 2 N–H and O–H groups in total. The molecule has 0 unspecified atom stereocenters. The molecule has 0 atom stereocenters. The van der Waals surface area contributed by atoms with E-state index >= 15 is 0 Å². The molecule has 90 valence electrons. The van der Waals surface area contributed by atoms with Crippen LogP contribution in [0.1, 0.15) is 49.7 Å². The highest BCUT2D eigenvalue weighted by Crippen LogP contribution is 2.18. The van der Waals surface area contributed by atoms with Crippen molar-refractivity contribution in [2.45, 2.75) is 46.0 Å². The van der Waals surface area contributed by atoms with Gasteiger partial charge in [0, 0.05) is 30.2 Å². The number of aryl methyl sites for hydroxylation is 1. The van der Waals surface area contributed by atoms with Crippen LogP contribution in [0, 0.1) is 6.92 Å². The Morgan fingerprint density at radius 2 is 2.00 bits per heavy atom. The Hall–Kier alpha value is -1.16. The number of H-pyrrole nitrogens is 1. The monoisotopic (exact) mass is 224 g/mol. The summed E-state index contributed by atoms with van der Waals surface area (Å²) in [5.74, 6) is 1.09. The number of nitrogens with one attached hydrogen (secondary N) is 1. The van der Waals surface area contributed by atoms with Gasteiger partial charge in [-0.3, -0.25) is 4.79 Å². The Morgan fingerprint density at radius 3 is 2.44 bits per heavy atom. The van der Waals surface area contributed by atoms with Crippen LogP contribution in [-0.4, -0.2) is 21.7 Å². The third-order valence-electron chi connectivity index (χ3n) is 2.97. The molecular weight excluding hydrogens is 204 g/mol. The molecular formula is C12H20N2O2. The smallest absolute Gasteiger partial charge is 0.254 e. The quantitative estimate of drug-likeness (QED) is 0.796. The average molecular weight is 224 g/mol. The minimum Gasteiger partial charge on any atom is -0.396 e. The molecule has 0 spiro atoms. The zero-order chi connectivity index (χ0) is 12.1. The number of aliphatic hydroxyl groups excluding tert-OH is 1. The molecule has 1 heterocycles. The van der Waals surface area contributed by atoms with E-state index < -0.39 is 0 Å². The van der Waals surface area contributed by atoms with E-state index in [2.05, 4.69) is 23.8 Å². The van der Waals surface area contributed by atoms with Gasteiger partial charge in [-0.1, -0.05) is 13.8 Å². The maximum Gasteiger partial charge on any atom is 0.254 e. The van der Waals surface area contributed by atoms with Gasteiger partial charge in [0.2, 0.25) is 0 Å². The number of hydrogen-bond donors (Lipinski definition) is 2. The molecule has 0 aromatic carbocycles. The predicted octanol–water partition coefficient (Wildman–Crippen LogP) is 1.52. The average Bonchev–Trinajstić information content (AvgIpc) is 2.25. The summed E-state index contributed by atoms with van der Waals surface area (Å²) in [7, 11) is 0. The maximum absolute atomic E-state index is 11.8. The van der Waals surface area contributed by atoms with Crippen molar-refractivity contribution in [1.29, 1.82) is 0 Å². The van der Waals surface area contributed by atoms with Gasteiger partial charge in [-0.15, -0.1) is 0 Å². The molecule has 1 aromatic heterocycles. The SMILES string of the molecule is CCC(CC)c1nc(C)c(CCO)c(=O)[nH]1. The van der Waals surface area contributed by atoms with Gasteiger partial charge in [0.25, 0.3) is 5.56 Å². The Bertz CT molecular complexity index is 394. The van der Waals surface area contributed by atoms with E-state index in [0.29, 0.717) is 17.9 Å². The second-order valence-corrected chi connectivity index (χ2v) is 4.00. The van der Waals surface area contributed by atoms with E-state index in [9.17, 15) is 4.79 Å². The first-order chi connectivity index (χ1) is 7.63. The lowest BCUT2D eigenvalue weighted by Gasteiger charge is -2.13. The fourth-order valence-corrected chi connectivity index (χ4v) is 1.91. The van der Waals surface area contributed by atoms with Gasteiger partial charge in [0.1, 0.15) is 5.82 Å². The van der Waals surface area contributed by atoms with Crippen molar-refractivity contribution in [3.63, 3.8) is 0 Å². The first-order valence-corrected chi connectivity index (χ1v) is 5.84. The lowest BCUT2D eigenvalue weighted by Crippen LogP contribution is -2.21. The summed E-state index contributed by atoms with van der Waals surface area (Å²) in [4.78, 5) is 19.0. The molecule has 1 aromatic rings. The summed E-state index contributed by atoms with van der Waals surface area (Å²) in [6.07, 6.45) is 2.31. The highest BCUT2D eigenvalue weighted by molar-refractivity contribution is 5.17. The van der Waals surface area contributed by atoms with Crippen LogP contribution in [0.4, 0.5) is 0 Å². The number of aromatic amines is 1. The minimum absolute atomic E-state index is 0.0179. The van der Waals surface area contributed by atoms with E-state index in [1.54, 1.807) is 0 Å². The van der Waals surface area contributed by atoms with Crippen LogP contribution < -0.4 is 5.56 Å². The minimum atomic E-state index is -0.108. The van der Waals surface area contributed by atoms with Crippen LogP contribution in [0.15, 0.2) is 4.79 Å². The largest absolute Gasteiger partial charge is 0.396 e. The summed E-state index contributed by atoms with van der Waals surface area (Å²) in [5.41, 5.74) is 1.22. The second kappa shape index (κ2) is 5.80. The lowest BCUT2D eigenvalue weighted by atomic mass is 10.0. The zero-order valence-corrected chi connectivity index (χ0v) is 10.2. The fourth-order valence-electron chi connectivity index (χ4n) is 1.91. The maximum atomic E-state index is 11.8. The topological polar surface area (TPSA) is 66.0 Å². The summed E-state index contributed by atoms with van der Waals surface area (Å²) in [5, 5.41) is 8.86. The predicted molar refractivity (Wildman–Crippen MR) is 63.7 cm³/mol. The first-order valence-electron chi connectivity index (χ1n) is 5.84. The number of aromatic nitrogens is 2. The van der Waals surface area contributed by atoms with E-state index in [1.165, 1.54) is 0 Å². The lowest BCUT2D eigenvalue weighted by molar-refractivity contribution is 0.298. The van der Waals surface area contributed by atoms with Gasteiger partial charge in [0.05, 0.1) is 0 Å². The fraction of sp³-hybridized carbons (Fsp3) is 0.667. The van der Waals surface area contributed by atoms with Crippen LogP contribution in [0.2, 0.25) is 0 Å². The van der Waals surface area contributed by atoms with Crippen molar-refractivity contribution >= 4 is 0 Å². The molecule has 0 saturated heterocycles. The van der Waals surface area contributed by atoms with Gasteiger partial charge in [-0.2, -0.15) is 0 Å². The van der Waals surface area contributed by atoms with Crippen molar-refractivity contribution in [2.24, 2.45) is 0 Å². The van der Waals surface area contributed by atoms with Crippen molar-refractivity contribution in [2.75, 3.05) is 6.61 Å². The van der Waals surface area contributed by atoms with Crippen LogP contribution in [0.5, 0.6) is 0 Å². The highest BCUT2D eigenvalue weighted by Gasteiger charge is 2.13. The van der Waals surface area contributed by atoms with Gasteiger partial charge in [-0.25, -0.2) is 4.98 Å². The van der Waals surface area contributed by atoms with E-state index in [0.717, 1.165) is 24.4 Å². The van der Waals surface area contributed by atoms with E-state index in [1.807, 2.05) is 6.92 Å². The Labute approximate surface area is 95.7 Å². The van der Waals surface area contributed by atoms with Crippen molar-refractivity contribution in [3.05, 3.63) is 27.4 Å².